The van der Waals surface area contributed by atoms with Crippen LogP contribution in [0.25, 0.3) is 0 Å². The highest BCUT2D eigenvalue weighted by Crippen LogP contribution is 2.26. The van der Waals surface area contributed by atoms with Crippen molar-refractivity contribution in [3.8, 4) is 0 Å². The van der Waals surface area contributed by atoms with E-state index in [1.54, 1.807) is 11.3 Å². The van der Waals surface area contributed by atoms with Crippen LogP contribution < -0.4 is 5.32 Å². The quantitative estimate of drug-likeness (QED) is 0.366. The second-order valence-corrected chi connectivity index (χ2v) is 11.5. The molecule has 0 bridgehead atoms. The number of nitrogens with one attached hydrogen (secondary N) is 1. The smallest absolute Gasteiger partial charge is 0.231 e. The fourth-order valence-corrected chi connectivity index (χ4v) is 5.72. The van der Waals surface area contributed by atoms with Crippen LogP contribution in [0.4, 0.5) is 0 Å². The molecule has 1 unspecified atom stereocenters. The molecule has 2 heterocycles. The number of likely N-dealkylation sites (tertiary alicyclic amines) is 1. The maximum atomic E-state index is 13.6. The van der Waals surface area contributed by atoms with Crippen molar-refractivity contribution in [2.45, 2.75) is 77.3 Å². The molecule has 1 N–H and O–H groups in total. The SMILES string of the molecule is C[C@@H]1CCN(C(=O)C(/C=N/C2CCCCC2)CCCCN(C)C)C[C@@H]1C(=O)NCc1cccs1. The monoisotopic (exact) mass is 488 g/mol. The lowest BCUT2D eigenvalue weighted by Gasteiger charge is -2.37. The van der Waals surface area contributed by atoms with Gasteiger partial charge in [0.25, 0.3) is 0 Å². The molecule has 3 rings (SSSR count). The number of piperidine rings is 1. The van der Waals surface area contributed by atoms with Gasteiger partial charge in [0.2, 0.25) is 11.8 Å². The number of carbonyl (C=O) groups is 2. The van der Waals surface area contributed by atoms with E-state index in [1.807, 2.05) is 28.6 Å². The number of carbonyl (C=O) groups excluding carboxylic acids is 2. The molecule has 1 aromatic heterocycles. The number of amides is 2. The zero-order valence-corrected chi connectivity index (χ0v) is 22.2. The van der Waals surface area contributed by atoms with Gasteiger partial charge >= 0.3 is 0 Å². The van der Waals surface area contributed by atoms with Crippen LogP contribution in [0, 0.1) is 17.8 Å². The van der Waals surface area contributed by atoms with Gasteiger partial charge in [0.1, 0.15) is 0 Å². The van der Waals surface area contributed by atoms with Crippen molar-refractivity contribution in [3.05, 3.63) is 22.4 Å². The molecule has 1 saturated heterocycles. The number of rotatable bonds is 11. The largest absolute Gasteiger partial charge is 0.351 e. The van der Waals surface area contributed by atoms with Gasteiger partial charge in [-0.15, -0.1) is 11.3 Å². The summed E-state index contributed by atoms with van der Waals surface area (Å²) in [6.07, 6.45) is 11.9. The normalized spacial score (nSPS) is 22.9. The second-order valence-electron chi connectivity index (χ2n) is 10.4. The van der Waals surface area contributed by atoms with E-state index in [1.165, 1.54) is 19.3 Å². The Kier molecular flexibility index (Phi) is 11.0. The average Bonchev–Trinajstić information content (AvgIpc) is 3.36. The lowest BCUT2D eigenvalue weighted by atomic mass is 9.85. The summed E-state index contributed by atoms with van der Waals surface area (Å²) in [5, 5.41) is 5.12. The van der Waals surface area contributed by atoms with Crippen LogP contribution in [0.2, 0.25) is 0 Å². The van der Waals surface area contributed by atoms with Gasteiger partial charge in [-0.1, -0.05) is 38.7 Å². The van der Waals surface area contributed by atoms with Crippen molar-refractivity contribution >= 4 is 29.4 Å². The van der Waals surface area contributed by atoms with E-state index in [-0.39, 0.29) is 29.6 Å². The van der Waals surface area contributed by atoms with Gasteiger partial charge in [-0.3, -0.25) is 14.6 Å². The highest BCUT2D eigenvalue weighted by atomic mass is 32.1. The zero-order chi connectivity index (χ0) is 24.3. The second kappa shape index (κ2) is 14.0. The van der Waals surface area contributed by atoms with Gasteiger partial charge < -0.3 is 15.1 Å². The average molecular weight is 489 g/mol. The lowest BCUT2D eigenvalue weighted by Crippen LogP contribution is -2.50. The molecule has 2 aliphatic rings. The predicted molar refractivity (Wildman–Crippen MR) is 141 cm³/mol. The van der Waals surface area contributed by atoms with E-state index < -0.39 is 0 Å². The van der Waals surface area contributed by atoms with Gasteiger partial charge in [-0.05, 0) is 70.1 Å². The maximum absolute atomic E-state index is 13.6. The predicted octanol–water partition coefficient (Wildman–Crippen LogP) is 4.60. The molecule has 1 aromatic rings. The highest BCUT2D eigenvalue weighted by molar-refractivity contribution is 7.09. The van der Waals surface area contributed by atoms with E-state index in [9.17, 15) is 9.59 Å². The fourth-order valence-electron chi connectivity index (χ4n) is 5.07. The van der Waals surface area contributed by atoms with Gasteiger partial charge in [0.15, 0.2) is 0 Å². The minimum Gasteiger partial charge on any atom is -0.351 e. The summed E-state index contributed by atoms with van der Waals surface area (Å²) in [6.45, 7) is 4.99. The molecule has 1 saturated carbocycles. The minimum absolute atomic E-state index is 0.0665. The Balaban J connectivity index is 1.60. The Bertz CT molecular complexity index is 774. The van der Waals surface area contributed by atoms with Crippen LogP contribution in [0.5, 0.6) is 0 Å². The number of hydrogen-bond acceptors (Lipinski definition) is 5. The molecule has 7 heteroatoms. The third-order valence-corrected chi connectivity index (χ3v) is 8.24. The van der Waals surface area contributed by atoms with E-state index in [2.05, 4.69) is 31.2 Å². The van der Waals surface area contributed by atoms with Crippen LogP contribution in [-0.4, -0.2) is 67.6 Å². The summed E-state index contributed by atoms with van der Waals surface area (Å²) in [5.74, 6) is 0.181. The first-order valence-electron chi connectivity index (χ1n) is 13.2. The Labute approximate surface area is 210 Å². The molecule has 2 fully saturated rings. The van der Waals surface area contributed by atoms with E-state index in [0.29, 0.717) is 19.1 Å². The van der Waals surface area contributed by atoms with E-state index >= 15 is 0 Å². The van der Waals surface area contributed by atoms with Gasteiger partial charge in [0.05, 0.1) is 18.4 Å². The van der Waals surface area contributed by atoms with Crippen molar-refractivity contribution in [3.63, 3.8) is 0 Å². The fraction of sp³-hybridized carbons (Fsp3) is 0.741. The molecule has 2 amide bonds. The van der Waals surface area contributed by atoms with Crippen molar-refractivity contribution in [2.75, 3.05) is 33.7 Å². The molecule has 1 aliphatic carbocycles. The van der Waals surface area contributed by atoms with Gasteiger partial charge in [0, 0.05) is 30.2 Å². The number of hydrogen-bond donors (Lipinski definition) is 1. The lowest BCUT2D eigenvalue weighted by molar-refractivity contribution is -0.139. The topological polar surface area (TPSA) is 65.0 Å². The number of aliphatic imine (C=N–C) groups is 1. The third kappa shape index (κ3) is 8.49. The molecule has 0 spiro atoms. The van der Waals surface area contributed by atoms with Crippen LogP contribution >= 0.6 is 11.3 Å². The molecule has 34 heavy (non-hydrogen) atoms. The highest BCUT2D eigenvalue weighted by Gasteiger charge is 2.35. The number of nitrogens with zero attached hydrogens (tertiary/aromatic N) is 3. The van der Waals surface area contributed by atoms with Crippen LogP contribution in [0.1, 0.15) is 69.6 Å². The Morgan fingerprint density at radius 2 is 2.03 bits per heavy atom. The van der Waals surface area contributed by atoms with Crippen LogP contribution in [0.15, 0.2) is 22.5 Å². The zero-order valence-electron chi connectivity index (χ0n) is 21.4. The van der Waals surface area contributed by atoms with Crippen LogP contribution in [0.3, 0.4) is 0 Å². The summed E-state index contributed by atoms with van der Waals surface area (Å²) in [5.41, 5.74) is 0. The summed E-state index contributed by atoms with van der Waals surface area (Å²) in [4.78, 5) is 36.8. The number of thiophene rings is 1. The van der Waals surface area contributed by atoms with Gasteiger partial charge in [-0.25, -0.2) is 0 Å². The molecule has 6 nitrogen and oxygen atoms in total. The molecule has 0 aromatic carbocycles. The first-order chi connectivity index (χ1) is 16.4. The summed E-state index contributed by atoms with van der Waals surface area (Å²) in [6, 6.07) is 4.42. The van der Waals surface area contributed by atoms with Crippen molar-refractivity contribution in [1.29, 1.82) is 0 Å². The third-order valence-electron chi connectivity index (χ3n) is 7.36. The molecule has 190 valence electrons. The van der Waals surface area contributed by atoms with Gasteiger partial charge in [-0.2, -0.15) is 0 Å². The molecule has 1 aliphatic heterocycles. The molecular formula is C27H44N4O2S. The van der Waals surface area contributed by atoms with Crippen molar-refractivity contribution < 1.29 is 9.59 Å². The van der Waals surface area contributed by atoms with Crippen molar-refractivity contribution in [2.24, 2.45) is 22.7 Å². The van der Waals surface area contributed by atoms with Crippen molar-refractivity contribution in [1.82, 2.24) is 15.1 Å². The first-order valence-corrected chi connectivity index (χ1v) is 14.1. The number of unbranched alkanes of at least 4 members (excludes halogenated alkanes) is 1. The molecule has 3 atom stereocenters. The van der Waals surface area contributed by atoms with Crippen LogP contribution in [-0.2, 0) is 16.1 Å². The Morgan fingerprint density at radius 1 is 1.24 bits per heavy atom. The Hall–Kier alpha value is -1.73. The van der Waals surface area contributed by atoms with E-state index in [0.717, 1.165) is 56.5 Å². The molecule has 0 radical (unpaired) electrons. The summed E-state index contributed by atoms with van der Waals surface area (Å²) < 4.78 is 0. The van der Waals surface area contributed by atoms with E-state index in [4.69, 9.17) is 4.99 Å². The minimum atomic E-state index is -0.174. The summed E-state index contributed by atoms with van der Waals surface area (Å²) in [7, 11) is 4.18. The molecular weight excluding hydrogens is 444 g/mol. The maximum Gasteiger partial charge on any atom is 0.231 e. The summed E-state index contributed by atoms with van der Waals surface area (Å²) >= 11 is 1.65. The Morgan fingerprint density at radius 3 is 2.74 bits per heavy atom. The standard InChI is InChI=1S/C27H44N4O2S/c1-21-14-16-31(20-25(21)26(32)29-19-24-13-9-17-34-24)27(33)22(10-7-8-15-30(2)3)18-28-23-11-5-4-6-12-23/h9,13,17-18,21-23,25H,4-8,10-12,14-16,19-20H2,1-3H3,(H,29,32)/b28-18+/t21-,22?,25+/m1/s1. The first kappa shape index (κ1) is 26.9.